The van der Waals surface area contributed by atoms with Crippen molar-refractivity contribution in [2.24, 2.45) is 0 Å². The van der Waals surface area contributed by atoms with Crippen LogP contribution in [0.4, 0.5) is 0 Å². The molecule has 0 radical (unpaired) electrons. The van der Waals surface area contributed by atoms with Gasteiger partial charge in [-0.05, 0) is 23.6 Å². The lowest BCUT2D eigenvalue weighted by Gasteiger charge is -2.03. The maximum Gasteiger partial charge on any atom is 0.325 e. The van der Waals surface area contributed by atoms with E-state index in [1.807, 2.05) is 18.3 Å². The van der Waals surface area contributed by atoms with Gasteiger partial charge >= 0.3 is 5.97 Å². The summed E-state index contributed by atoms with van der Waals surface area (Å²) in [4.78, 5) is 11.2. The largest absolute Gasteiger partial charge is 0.468 e. The highest BCUT2D eigenvalue weighted by Gasteiger charge is 2.06. The van der Waals surface area contributed by atoms with E-state index < -0.39 is 0 Å². The van der Waals surface area contributed by atoms with Crippen LogP contribution in [-0.4, -0.2) is 17.6 Å². The number of hydrogen-bond acceptors (Lipinski definition) is 3. The van der Waals surface area contributed by atoms with Crippen LogP contribution in [0.5, 0.6) is 0 Å². The number of benzene rings is 1. The van der Waals surface area contributed by atoms with E-state index in [2.05, 4.69) is 10.8 Å². The van der Waals surface area contributed by atoms with Gasteiger partial charge in [0.05, 0.1) is 18.7 Å². The van der Waals surface area contributed by atoms with E-state index in [-0.39, 0.29) is 12.5 Å². The molecule has 1 aromatic heterocycles. The number of rotatable bonds is 2. The summed E-state index contributed by atoms with van der Waals surface area (Å²) in [5.41, 5.74) is 1.45. The number of nitrogens with zero attached hydrogens (tertiary/aromatic N) is 2. The van der Waals surface area contributed by atoms with E-state index in [9.17, 15) is 4.79 Å². The summed E-state index contributed by atoms with van der Waals surface area (Å²) in [5.74, 6) is -0.306. The minimum Gasteiger partial charge on any atom is -0.468 e. The Kier molecular flexibility index (Phi) is 2.61. The highest BCUT2D eigenvalue weighted by molar-refractivity contribution is 5.83. The van der Waals surface area contributed by atoms with Crippen molar-refractivity contribution in [3.63, 3.8) is 0 Å². The molecule has 0 amide bonds. The van der Waals surface area contributed by atoms with E-state index >= 15 is 0 Å². The molecular weight excluding hydrogens is 204 g/mol. The summed E-state index contributed by atoms with van der Waals surface area (Å²) in [7, 11) is 1.36. The molecule has 80 valence electrons. The van der Waals surface area contributed by atoms with E-state index in [4.69, 9.17) is 5.26 Å². The molecule has 0 aliphatic carbocycles. The molecule has 0 aliphatic heterocycles. The Balaban J connectivity index is 2.46. The van der Waals surface area contributed by atoms with Crippen molar-refractivity contribution in [2.45, 2.75) is 6.54 Å². The second kappa shape index (κ2) is 4.07. The summed E-state index contributed by atoms with van der Waals surface area (Å²) < 4.78 is 6.37. The van der Waals surface area contributed by atoms with Gasteiger partial charge in [-0.1, -0.05) is 6.07 Å². The summed E-state index contributed by atoms with van der Waals surface area (Å²) in [6.45, 7) is 0.162. The first-order valence-electron chi connectivity index (χ1n) is 4.80. The number of carbonyl (C=O) groups is 1. The first-order valence-corrected chi connectivity index (χ1v) is 4.80. The van der Waals surface area contributed by atoms with Gasteiger partial charge in [-0.3, -0.25) is 4.79 Å². The van der Waals surface area contributed by atoms with Crippen molar-refractivity contribution in [1.82, 2.24) is 4.57 Å². The molecule has 1 heterocycles. The summed E-state index contributed by atoms with van der Waals surface area (Å²) in [6, 6.07) is 9.36. The van der Waals surface area contributed by atoms with Gasteiger partial charge in [0.2, 0.25) is 0 Å². The Morgan fingerprint density at radius 2 is 2.31 bits per heavy atom. The molecule has 2 aromatic rings. The zero-order valence-electron chi connectivity index (χ0n) is 8.80. The predicted octanol–water partition coefficient (Wildman–Crippen LogP) is 1.69. The second-order valence-corrected chi connectivity index (χ2v) is 3.41. The zero-order valence-corrected chi connectivity index (χ0v) is 8.80. The lowest BCUT2D eigenvalue weighted by molar-refractivity contribution is -0.141. The van der Waals surface area contributed by atoms with Crippen LogP contribution in [0.3, 0.4) is 0 Å². The molecule has 0 aliphatic rings. The maximum absolute atomic E-state index is 11.2. The van der Waals surface area contributed by atoms with Crippen molar-refractivity contribution in [1.29, 1.82) is 5.26 Å². The van der Waals surface area contributed by atoms with Crippen LogP contribution in [0.25, 0.3) is 10.9 Å². The Hall–Kier alpha value is -2.28. The second-order valence-electron chi connectivity index (χ2n) is 3.41. The van der Waals surface area contributed by atoms with Gasteiger partial charge in [0.25, 0.3) is 0 Å². The quantitative estimate of drug-likeness (QED) is 0.715. The third-order valence-corrected chi connectivity index (χ3v) is 2.43. The maximum atomic E-state index is 11.2. The molecule has 0 saturated heterocycles. The lowest BCUT2D eigenvalue weighted by atomic mass is 10.2. The standard InChI is InChI=1S/C12H10N2O2/c1-16-12(15)8-14-5-4-10-3-2-9(7-13)6-11(10)14/h2-6H,8H2,1H3. The van der Waals surface area contributed by atoms with Gasteiger partial charge in [-0.15, -0.1) is 0 Å². The Morgan fingerprint density at radius 1 is 1.50 bits per heavy atom. The molecule has 0 fully saturated rings. The Bertz CT molecular complexity index is 578. The molecule has 1 aromatic carbocycles. The molecule has 4 heteroatoms. The van der Waals surface area contributed by atoms with E-state index in [1.54, 1.807) is 16.7 Å². The lowest BCUT2D eigenvalue weighted by Crippen LogP contribution is -2.10. The number of ether oxygens (including phenoxy) is 1. The van der Waals surface area contributed by atoms with E-state index in [0.717, 1.165) is 10.9 Å². The van der Waals surface area contributed by atoms with E-state index in [0.29, 0.717) is 5.56 Å². The fraction of sp³-hybridized carbons (Fsp3) is 0.167. The van der Waals surface area contributed by atoms with Gasteiger partial charge in [-0.2, -0.15) is 5.26 Å². The molecule has 0 unspecified atom stereocenters. The van der Waals surface area contributed by atoms with Crippen LogP contribution >= 0.6 is 0 Å². The third-order valence-electron chi connectivity index (χ3n) is 2.43. The highest BCUT2D eigenvalue weighted by Crippen LogP contribution is 2.17. The summed E-state index contributed by atoms with van der Waals surface area (Å²) in [6.07, 6.45) is 1.81. The summed E-state index contributed by atoms with van der Waals surface area (Å²) >= 11 is 0. The third kappa shape index (κ3) is 1.75. The van der Waals surface area contributed by atoms with Crippen molar-refractivity contribution < 1.29 is 9.53 Å². The molecule has 0 spiro atoms. The molecular formula is C12H10N2O2. The average molecular weight is 214 g/mol. The van der Waals surface area contributed by atoms with Crippen LogP contribution in [0.2, 0.25) is 0 Å². The van der Waals surface area contributed by atoms with Crippen LogP contribution in [0.1, 0.15) is 5.56 Å². The van der Waals surface area contributed by atoms with Gasteiger partial charge in [0, 0.05) is 11.7 Å². The van der Waals surface area contributed by atoms with Gasteiger partial charge in [0.1, 0.15) is 6.54 Å². The van der Waals surface area contributed by atoms with Crippen LogP contribution in [0.15, 0.2) is 30.5 Å². The average Bonchev–Trinajstić information content (AvgIpc) is 2.71. The van der Waals surface area contributed by atoms with Crippen molar-refractivity contribution in [3.8, 4) is 6.07 Å². The van der Waals surface area contributed by atoms with Crippen LogP contribution in [-0.2, 0) is 16.1 Å². The van der Waals surface area contributed by atoms with Gasteiger partial charge < -0.3 is 9.30 Å². The summed E-state index contributed by atoms with van der Waals surface area (Å²) in [5, 5.41) is 9.81. The molecule has 0 bridgehead atoms. The number of aromatic nitrogens is 1. The number of methoxy groups -OCH3 is 1. The van der Waals surface area contributed by atoms with Crippen LogP contribution < -0.4 is 0 Å². The van der Waals surface area contributed by atoms with Gasteiger partial charge in [-0.25, -0.2) is 0 Å². The number of esters is 1. The highest BCUT2D eigenvalue weighted by atomic mass is 16.5. The number of nitriles is 1. The zero-order chi connectivity index (χ0) is 11.5. The molecule has 0 atom stereocenters. The number of carbonyl (C=O) groups excluding carboxylic acids is 1. The molecule has 16 heavy (non-hydrogen) atoms. The first-order chi connectivity index (χ1) is 7.74. The number of hydrogen-bond donors (Lipinski definition) is 0. The Morgan fingerprint density at radius 3 is 3.00 bits per heavy atom. The molecule has 2 rings (SSSR count). The fourth-order valence-corrected chi connectivity index (χ4v) is 1.59. The normalized spacial score (nSPS) is 10.0. The number of fused-ring (bicyclic) bond motifs is 1. The molecule has 0 N–H and O–H groups in total. The monoisotopic (exact) mass is 214 g/mol. The Labute approximate surface area is 92.7 Å². The molecule has 4 nitrogen and oxygen atoms in total. The SMILES string of the molecule is COC(=O)Cn1ccc2ccc(C#N)cc21. The van der Waals surface area contributed by atoms with E-state index in [1.165, 1.54) is 7.11 Å². The molecule has 0 saturated carbocycles. The van der Waals surface area contributed by atoms with Crippen molar-refractivity contribution in [3.05, 3.63) is 36.0 Å². The van der Waals surface area contributed by atoms with Crippen LogP contribution in [0, 0.1) is 11.3 Å². The minimum atomic E-state index is -0.306. The minimum absolute atomic E-state index is 0.162. The van der Waals surface area contributed by atoms with Crippen molar-refractivity contribution in [2.75, 3.05) is 7.11 Å². The smallest absolute Gasteiger partial charge is 0.325 e. The fourth-order valence-electron chi connectivity index (χ4n) is 1.59. The predicted molar refractivity (Wildman–Crippen MR) is 58.7 cm³/mol. The topological polar surface area (TPSA) is 55.0 Å². The van der Waals surface area contributed by atoms with Crippen molar-refractivity contribution >= 4 is 16.9 Å². The van der Waals surface area contributed by atoms with Gasteiger partial charge in [0.15, 0.2) is 0 Å². The first kappa shape index (κ1) is 10.2.